The molecule has 29 heavy (non-hydrogen) atoms. The summed E-state index contributed by atoms with van der Waals surface area (Å²) in [4.78, 5) is 16.1. The number of carbonyl (C=O) groups is 1. The largest absolute Gasteiger partial charge is 0.480 e. The molecular formula is C21H25NO5S2. The molecule has 1 N–H and O–H groups in total. The summed E-state index contributed by atoms with van der Waals surface area (Å²) in [5, 5.41) is 9.87. The van der Waals surface area contributed by atoms with Crippen LogP contribution in [0.1, 0.15) is 12.8 Å². The zero-order valence-electron chi connectivity index (χ0n) is 16.3. The van der Waals surface area contributed by atoms with Gasteiger partial charge in [-0.25, -0.2) is 8.42 Å². The molecule has 1 fully saturated rings. The summed E-state index contributed by atoms with van der Waals surface area (Å²) in [7, 11) is -2.42. The predicted molar refractivity (Wildman–Crippen MR) is 112 cm³/mol. The van der Waals surface area contributed by atoms with Crippen LogP contribution in [0, 0.1) is 0 Å². The van der Waals surface area contributed by atoms with Crippen molar-refractivity contribution in [2.45, 2.75) is 32.3 Å². The van der Waals surface area contributed by atoms with E-state index in [0.29, 0.717) is 26.2 Å². The predicted octanol–water partition coefficient (Wildman–Crippen LogP) is 3.18. The highest BCUT2D eigenvalue weighted by Gasteiger charge is 2.53. The van der Waals surface area contributed by atoms with Gasteiger partial charge in [0, 0.05) is 36.5 Å². The summed E-state index contributed by atoms with van der Waals surface area (Å²) in [5.74, 6) is -1.27. The highest BCUT2D eigenvalue weighted by atomic mass is 32.2. The van der Waals surface area contributed by atoms with Gasteiger partial charge >= 0.3 is 5.97 Å². The Labute approximate surface area is 175 Å². The second kappa shape index (κ2) is 9.30. The maximum absolute atomic E-state index is 13.3. The van der Waals surface area contributed by atoms with E-state index in [0.717, 1.165) is 9.79 Å². The molecule has 1 saturated heterocycles. The maximum Gasteiger partial charge on any atom is 0.325 e. The van der Waals surface area contributed by atoms with Crippen molar-refractivity contribution in [2.24, 2.45) is 0 Å². The van der Waals surface area contributed by atoms with Gasteiger partial charge in [-0.3, -0.25) is 4.79 Å². The summed E-state index contributed by atoms with van der Waals surface area (Å²) >= 11 is 1.53. The van der Waals surface area contributed by atoms with Crippen LogP contribution in [0.5, 0.6) is 0 Å². The Bertz CT molecular complexity index is 921. The van der Waals surface area contributed by atoms with Crippen molar-refractivity contribution < 1.29 is 23.1 Å². The SMILES string of the molecule is COCCN1CCC(C(=O)O)(S(=O)(=O)c2ccc(Sc3ccccc3)cc2)CC1. The summed E-state index contributed by atoms with van der Waals surface area (Å²) in [6.45, 7) is 2.03. The van der Waals surface area contributed by atoms with Crippen molar-refractivity contribution in [3.63, 3.8) is 0 Å². The topological polar surface area (TPSA) is 83.9 Å². The van der Waals surface area contributed by atoms with Crippen molar-refractivity contribution in [3.8, 4) is 0 Å². The van der Waals surface area contributed by atoms with E-state index in [2.05, 4.69) is 0 Å². The van der Waals surface area contributed by atoms with Crippen LogP contribution in [0.3, 0.4) is 0 Å². The van der Waals surface area contributed by atoms with Crippen molar-refractivity contribution in [3.05, 3.63) is 54.6 Å². The Morgan fingerprint density at radius 1 is 1.07 bits per heavy atom. The molecule has 0 atom stereocenters. The average Bonchev–Trinajstić information content (AvgIpc) is 2.73. The molecule has 0 amide bonds. The van der Waals surface area contributed by atoms with Crippen LogP contribution in [-0.2, 0) is 19.4 Å². The molecule has 0 unspecified atom stereocenters. The smallest absolute Gasteiger partial charge is 0.325 e. The van der Waals surface area contributed by atoms with Gasteiger partial charge in [-0.2, -0.15) is 0 Å². The van der Waals surface area contributed by atoms with E-state index in [1.54, 1.807) is 19.2 Å². The Hall–Kier alpha value is -1.87. The number of hydrogen-bond acceptors (Lipinski definition) is 6. The number of nitrogens with zero attached hydrogens (tertiary/aromatic N) is 1. The molecule has 0 bridgehead atoms. The van der Waals surface area contributed by atoms with Crippen LogP contribution in [0.4, 0.5) is 0 Å². The van der Waals surface area contributed by atoms with Crippen molar-refractivity contribution >= 4 is 27.6 Å². The quantitative estimate of drug-likeness (QED) is 0.682. The van der Waals surface area contributed by atoms with Gasteiger partial charge in [0.2, 0.25) is 0 Å². The first kappa shape index (κ1) is 21.8. The molecule has 8 heteroatoms. The van der Waals surface area contributed by atoms with E-state index in [9.17, 15) is 18.3 Å². The van der Waals surface area contributed by atoms with Gasteiger partial charge in [-0.15, -0.1) is 0 Å². The van der Waals surface area contributed by atoms with Crippen molar-refractivity contribution in [2.75, 3.05) is 33.4 Å². The standard InChI is InChI=1S/C21H25NO5S2/c1-27-16-15-22-13-11-21(12-14-22,20(23)24)29(25,26)19-9-7-18(8-10-19)28-17-5-3-2-4-6-17/h2-10H,11-16H2,1H3,(H,23,24). The Morgan fingerprint density at radius 3 is 2.21 bits per heavy atom. The van der Waals surface area contributed by atoms with Gasteiger partial charge in [-0.05, 0) is 49.2 Å². The lowest BCUT2D eigenvalue weighted by atomic mass is 9.96. The number of carboxylic acid groups (broad SMARTS) is 1. The minimum Gasteiger partial charge on any atom is -0.480 e. The average molecular weight is 436 g/mol. The van der Waals surface area contributed by atoms with E-state index in [1.165, 1.54) is 23.9 Å². The molecule has 6 nitrogen and oxygen atoms in total. The molecule has 1 heterocycles. The van der Waals surface area contributed by atoms with Gasteiger partial charge in [0.25, 0.3) is 0 Å². The van der Waals surface area contributed by atoms with Gasteiger partial charge in [0.05, 0.1) is 11.5 Å². The maximum atomic E-state index is 13.3. The van der Waals surface area contributed by atoms with Gasteiger partial charge in [0.15, 0.2) is 14.6 Å². The first-order chi connectivity index (χ1) is 13.9. The molecule has 3 rings (SSSR count). The lowest BCUT2D eigenvalue weighted by molar-refractivity contribution is -0.141. The number of ether oxygens (including phenoxy) is 1. The third kappa shape index (κ3) is 4.66. The lowest BCUT2D eigenvalue weighted by Crippen LogP contribution is -2.54. The third-order valence-electron chi connectivity index (χ3n) is 5.29. The van der Waals surface area contributed by atoms with E-state index >= 15 is 0 Å². The number of rotatable bonds is 8. The Balaban J connectivity index is 1.79. The number of aliphatic carboxylic acids is 1. The number of hydrogen-bond donors (Lipinski definition) is 1. The van der Waals surface area contributed by atoms with Crippen molar-refractivity contribution in [1.82, 2.24) is 4.90 Å². The summed E-state index contributed by atoms with van der Waals surface area (Å²) in [6.07, 6.45) is 0.129. The third-order valence-corrected chi connectivity index (χ3v) is 8.81. The summed E-state index contributed by atoms with van der Waals surface area (Å²) in [6, 6.07) is 16.3. The van der Waals surface area contributed by atoms with Gasteiger partial charge in [-0.1, -0.05) is 30.0 Å². The van der Waals surface area contributed by atoms with Crippen LogP contribution in [0.15, 0.2) is 69.3 Å². The van der Waals surface area contributed by atoms with Crippen LogP contribution >= 0.6 is 11.8 Å². The molecule has 0 saturated carbocycles. The van der Waals surface area contributed by atoms with Gasteiger partial charge in [0.1, 0.15) is 0 Å². The van der Waals surface area contributed by atoms with E-state index in [1.807, 2.05) is 35.2 Å². The molecule has 2 aromatic carbocycles. The second-order valence-corrected chi connectivity index (χ2v) is 10.4. The molecule has 156 valence electrons. The van der Waals surface area contributed by atoms with E-state index < -0.39 is 20.6 Å². The minimum absolute atomic E-state index is 0.0580. The first-order valence-corrected chi connectivity index (χ1v) is 11.7. The number of piperidine rings is 1. The molecule has 0 radical (unpaired) electrons. The van der Waals surface area contributed by atoms with Gasteiger partial charge < -0.3 is 14.7 Å². The molecule has 1 aliphatic heterocycles. The highest BCUT2D eigenvalue weighted by molar-refractivity contribution is 7.99. The number of benzene rings is 2. The van der Waals surface area contributed by atoms with Crippen LogP contribution in [0.25, 0.3) is 0 Å². The molecule has 0 spiro atoms. The Morgan fingerprint density at radius 2 is 1.66 bits per heavy atom. The van der Waals surface area contributed by atoms with Crippen LogP contribution in [0.2, 0.25) is 0 Å². The zero-order valence-corrected chi connectivity index (χ0v) is 17.9. The molecular weight excluding hydrogens is 410 g/mol. The normalized spacial score (nSPS) is 17.1. The van der Waals surface area contributed by atoms with Crippen molar-refractivity contribution in [1.29, 1.82) is 0 Å². The molecule has 1 aliphatic rings. The Kier molecular flexibility index (Phi) is 7.00. The number of methoxy groups -OCH3 is 1. The first-order valence-electron chi connectivity index (χ1n) is 9.41. The lowest BCUT2D eigenvalue weighted by Gasteiger charge is -2.38. The second-order valence-electron chi connectivity index (χ2n) is 7.02. The molecule has 2 aromatic rings. The molecule has 0 aromatic heterocycles. The highest BCUT2D eigenvalue weighted by Crippen LogP contribution is 2.37. The number of carboxylic acids is 1. The van der Waals surface area contributed by atoms with E-state index in [-0.39, 0.29) is 17.7 Å². The summed E-state index contributed by atoms with van der Waals surface area (Å²) < 4.78 is 29.9. The number of likely N-dealkylation sites (tertiary alicyclic amines) is 1. The fraction of sp³-hybridized carbons (Fsp3) is 0.381. The van der Waals surface area contributed by atoms with Crippen LogP contribution in [-0.4, -0.2) is 62.5 Å². The number of sulfone groups is 1. The fourth-order valence-electron chi connectivity index (χ4n) is 3.49. The summed E-state index contributed by atoms with van der Waals surface area (Å²) in [5.41, 5.74) is 0. The minimum atomic E-state index is -4.02. The van der Waals surface area contributed by atoms with Crippen LogP contribution < -0.4 is 0 Å². The van der Waals surface area contributed by atoms with E-state index in [4.69, 9.17) is 4.74 Å². The zero-order chi connectivity index (χ0) is 20.9. The molecule has 0 aliphatic carbocycles. The fourth-order valence-corrected chi connectivity index (χ4v) is 6.23. The monoisotopic (exact) mass is 435 g/mol.